The SMILES string of the molecule is NC(C(=O)Nc1cccc(S(=O)(=O)C(F)F)c1)C1CCOCC1. The van der Waals surface area contributed by atoms with Crippen LogP contribution in [0.4, 0.5) is 14.5 Å². The Morgan fingerprint density at radius 2 is 1.96 bits per heavy atom. The summed E-state index contributed by atoms with van der Waals surface area (Å²) in [5.41, 5.74) is 6.02. The Balaban J connectivity index is 2.09. The highest BCUT2D eigenvalue weighted by Gasteiger charge is 2.28. The molecule has 1 aliphatic rings. The van der Waals surface area contributed by atoms with Gasteiger partial charge in [0.2, 0.25) is 15.7 Å². The highest BCUT2D eigenvalue weighted by molar-refractivity contribution is 7.91. The molecule has 1 aliphatic heterocycles. The maximum atomic E-state index is 12.6. The molecule has 1 saturated heterocycles. The van der Waals surface area contributed by atoms with Crippen molar-refractivity contribution in [3.05, 3.63) is 24.3 Å². The molecule has 1 amide bonds. The van der Waals surface area contributed by atoms with Crippen molar-refractivity contribution in [3.63, 3.8) is 0 Å². The van der Waals surface area contributed by atoms with Crippen LogP contribution in [0.25, 0.3) is 0 Å². The molecule has 1 atom stereocenters. The normalized spacial score (nSPS) is 17.9. The largest absolute Gasteiger partial charge is 0.381 e. The Morgan fingerprint density at radius 3 is 2.57 bits per heavy atom. The van der Waals surface area contributed by atoms with E-state index in [2.05, 4.69) is 5.32 Å². The van der Waals surface area contributed by atoms with Crippen molar-refractivity contribution in [2.75, 3.05) is 18.5 Å². The number of hydrogen-bond acceptors (Lipinski definition) is 5. The third-order valence-corrected chi connectivity index (χ3v) is 5.12. The van der Waals surface area contributed by atoms with Gasteiger partial charge in [-0.2, -0.15) is 8.78 Å². The van der Waals surface area contributed by atoms with E-state index in [0.717, 1.165) is 12.1 Å². The second kappa shape index (κ2) is 7.33. The summed E-state index contributed by atoms with van der Waals surface area (Å²) >= 11 is 0. The molecule has 1 heterocycles. The Kier molecular flexibility index (Phi) is 5.66. The maximum Gasteiger partial charge on any atom is 0.341 e. The van der Waals surface area contributed by atoms with Crippen LogP contribution in [-0.2, 0) is 19.4 Å². The summed E-state index contributed by atoms with van der Waals surface area (Å²) in [5, 5.41) is 2.48. The minimum Gasteiger partial charge on any atom is -0.381 e. The molecular formula is C14H18F2N2O4S. The van der Waals surface area contributed by atoms with Gasteiger partial charge in [-0.1, -0.05) is 6.07 Å². The van der Waals surface area contributed by atoms with E-state index < -0.39 is 32.4 Å². The third-order valence-electron chi connectivity index (χ3n) is 3.74. The first-order valence-electron chi connectivity index (χ1n) is 7.08. The van der Waals surface area contributed by atoms with Gasteiger partial charge in [0, 0.05) is 18.9 Å². The highest BCUT2D eigenvalue weighted by atomic mass is 32.2. The van der Waals surface area contributed by atoms with Crippen molar-refractivity contribution < 1.29 is 26.7 Å². The lowest BCUT2D eigenvalue weighted by Gasteiger charge is -2.26. The Hall–Kier alpha value is -1.58. The van der Waals surface area contributed by atoms with E-state index in [9.17, 15) is 22.0 Å². The number of carbonyl (C=O) groups excluding carboxylic acids is 1. The summed E-state index contributed by atoms with van der Waals surface area (Å²) in [6, 6.07) is 3.98. The van der Waals surface area contributed by atoms with Crippen LogP contribution in [0.1, 0.15) is 12.8 Å². The first-order valence-corrected chi connectivity index (χ1v) is 8.63. The summed E-state index contributed by atoms with van der Waals surface area (Å²) in [5.74, 6) is -4.03. The van der Waals surface area contributed by atoms with E-state index in [-0.39, 0.29) is 11.6 Å². The average Bonchev–Trinajstić information content (AvgIpc) is 2.55. The summed E-state index contributed by atoms with van der Waals surface area (Å²) in [6.45, 7) is 1.07. The molecule has 0 aliphatic carbocycles. The predicted molar refractivity (Wildman–Crippen MR) is 79.8 cm³/mol. The Labute approximate surface area is 132 Å². The van der Waals surface area contributed by atoms with Gasteiger partial charge < -0.3 is 15.8 Å². The number of amides is 1. The number of ether oxygens (including phenoxy) is 1. The lowest BCUT2D eigenvalue weighted by molar-refractivity contribution is -0.119. The fourth-order valence-corrected chi connectivity index (χ4v) is 3.13. The molecule has 1 aromatic carbocycles. The van der Waals surface area contributed by atoms with Gasteiger partial charge in [-0.3, -0.25) is 4.79 Å². The van der Waals surface area contributed by atoms with E-state index in [1.165, 1.54) is 12.1 Å². The monoisotopic (exact) mass is 348 g/mol. The van der Waals surface area contributed by atoms with Crippen molar-refractivity contribution >= 4 is 21.4 Å². The molecule has 1 unspecified atom stereocenters. The standard InChI is InChI=1S/C14H18F2N2O4S/c15-14(16)23(20,21)11-3-1-2-10(8-11)18-13(19)12(17)9-4-6-22-7-5-9/h1-3,8-9,12,14H,4-7,17H2,(H,18,19). The van der Waals surface area contributed by atoms with Gasteiger partial charge in [0.15, 0.2) is 0 Å². The Bertz CT molecular complexity index is 660. The van der Waals surface area contributed by atoms with Gasteiger partial charge in [-0.05, 0) is 37.0 Å². The number of carbonyl (C=O) groups is 1. The van der Waals surface area contributed by atoms with Crippen molar-refractivity contribution in [3.8, 4) is 0 Å². The number of alkyl halides is 2. The van der Waals surface area contributed by atoms with E-state index in [1.54, 1.807) is 0 Å². The number of sulfone groups is 1. The van der Waals surface area contributed by atoms with Crippen molar-refractivity contribution in [1.29, 1.82) is 0 Å². The van der Waals surface area contributed by atoms with Crippen LogP contribution in [0.5, 0.6) is 0 Å². The number of benzene rings is 1. The van der Waals surface area contributed by atoms with Gasteiger partial charge in [0.05, 0.1) is 10.9 Å². The number of anilines is 1. The van der Waals surface area contributed by atoms with Crippen LogP contribution in [0.15, 0.2) is 29.2 Å². The molecule has 1 fully saturated rings. The fourth-order valence-electron chi connectivity index (χ4n) is 2.37. The van der Waals surface area contributed by atoms with Gasteiger partial charge in [0.1, 0.15) is 0 Å². The van der Waals surface area contributed by atoms with Crippen LogP contribution in [0, 0.1) is 5.92 Å². The predicted octanol–water partition coefficient (Wildman–Crippen LogP) is 1.38. The molecule has 0 bridgehead atoms. The minimum atomic E-state index is -4.71. The number of nitrogens with two attached hydrogens (primary N) is 1. The van der Waals surface area contributed by atoms with Crippen LogP contribution in [0.2, 0.25) is 0 Å². The zero-order valence-corrected chi connectivity index (χ0v) is 13.1. The number of nitrogens with one attached hydrogen (secondary N) is 1. The van der Waals surface area contributed by atoms with Crippen molar-refractivity contribution in [1.82, 2.24) is 0 Å². The maximum absolute atomic E-state index is 12.6. The molecule has 3 N–H and O–H groups in total. The topological polar surface area (TPSA) is 98.5 Å². The minimum absolute atomic E-state index is 0.0308. The fraction of sp³-hybridized carbons (Fsp3) is 0.500. The quantitative estimate of drug-likeness (QED) is 0.837. The molecule has 0 saturated carbocycles. The summed E-state index contributed by atoms with van der Waals surface area (Å²) in [4.78, 5) is 11.6. The van der Waals surface area contributed by atoms with Gasteiger partial charge in [-0.15, -0.1) is 0 Å². The first kappa shape index (κ1) is 17.8. The van der Waals surface area contributed by atoms with Crippen LogP contribution >= 0.6 is 0 Å². The van der Waals surface area contributed by atoms with Crippen LogP contribution in [-0.4, -0.2) is 39.3 Å². The molecule has 0 spiro atoms. The number of halogens is 2. The summed E-state index contributed by atoms with van der Waals surface area (Å²) in [7, 11) is -4.71. The Morgan fingerprint density at radius 1 is 1.30 bits per heavy atom. The molecule has 0 aromatic heterocycles. The lowest BCUT2D eigenvalue weighted by atomic mass is 9.92. The molecule has 1 aromatic rings. The molecule has 9 heteroatoms. The second-order valence-electron chi connectivity index (χ2n) is 5.30. The van der Waals surface area contributed by atoms with Crippen LogP contribution < -0.4 is 11.1 Å². The lowest BCUT2D eigenvalue weighted by Crippen LogP contribution is -2.44. The van der Waals surface area contributed by atoms with Gasteiger partial charge >= 0.3 is 5.76 Å². The molecule has 23 heavy (non-hydrogen) atoms. The van der Waals surface area contributed by atoms with Crippen molar-refractivity contribution in [2.24, 2.45) is 11.7 Å². The molecular weight excluding hydrogens is 330 g/mol. The molecule has 2 rings (SSSR count). The summed E-state index contributed by atoms with van der Waals surface area (Å²) < 4.78 is 53.2. The molecule has 128 valence electrons. The van der Waals surface area contributed by atoms with E-state index in [0.29, 0.717) is 26.1 Å². The highest BCUT2D eigenvalue weighted by Crippen LogP contribution is 2.23. The molecule has 6 nitrogen and oxygen atoms in total. The zero-order valence-electron chi connectivity index (χ0n) is 12.2. The van der Waals surface area contributed by atoms with Crippen LogP contribution in [0.3, 0.4) is 0 Å². The second-order valence-corrected chi connectivity index (χ2v) is 7.22. The summed E-state index contributed by atoms with van der Waals surface area (Å²) in [6.07, 6.45) is 1.32. The van der Waals surface area contributed by atoms with E-state index >= 15 is 0 Å². The van der Waals surface area contributed by atoms with Gasteiger partial charge in [-0.25, -0.2) is 8.42 Å². The third kappa shape index (κ3) is 4.24. The van der Waals surface area contributed by atoms with E-state index in [1.807, 2.05) is 0 Å². The smallest absolute Gasteiger partial charge is 0.341 e. The number of rotatable bonds is 5. The first-order chi connectivity index (χ1) is 10.8. The molecule has 0 radical (unpaired) electrons. The van der Waals surface area contributed by atoms with Gasteiger partial charge in [0.25, 0.3) is 0 Å². The van der Waals surface area contributed by atoms with Crippen molar-refractivity contribution in [2.45, 2.75) is 29.5 Å². The zero-order chi connectivity index (χ0) is 17.0. The number of hydrogen-bond donors (Lipinski definition) is 2. The van der Waals surface area contributed by atoms with E-state index in [4.69, 9.17) is 10.5 Å². The average molecular weight is 348 g/mol.